The van der Waals surface area contributed by atoms with Crippen LogP contribution in [0.5, 0.6) is 0 Å². The molecule has 0 spiro atoms. The normalized spacial score (nSPS) is 13.9. The first kappa shape index (κ1) is 18.0. The SMILES string of the molecule is CC(C)(C(=O)Nc1ccc(F)cc1F)C(=O)N1CCc2ccccc2C1. The van der Waals surface area contributed by atoms with Crippen LogP contribution in [0.15, 0.2) is 42.5 Å². The second-order valence-corrected chi connectivity index (χ2v) is 6.95. The zero-order chi connectivity index (χ0) is 18.9. The van der Waals surface area contributed by atoms with E-state index in [2.05, 4.69) is 5.32 Å². The fraction of sp³-hybridized carbons (Fsp3) is 0.300. The van der Waals surface area contributed by atoms with Crippen molar-refractivity contribution in [2.45, 2.75) is 26.8 Å². The standard InChI is InChI=1S/C20H20F2N2O2/c1-20(2,18(25)23-17-8-7-15(21)11-16(17)22)19(26)24-10-9-13-5-3-4-6-14(13)12-24/h3-8,11H,9-10,12H2,1-2H3,(H,23,25). The molecule has 0 bridgehead atoms. The number of fused-ring (bicyclic) bond motifs is 1. The molecule has 1 N–H and O–H groups in total. The number of carbonyl (C=O) groups is 2. The molecule has 1 aliphatic heterocycles. The molecule has 0 saturated carbocycles. The first-order valence-electron chi connectivity index (χ1n) is 8.41. The Balaban J connectivity index is 1.74. The van der Waals surface area contributed by atoms with Crippen LogP contribution in [-0.4, -0.2) is 23.3 Å². The lowest BCUT2D eigenvalue weighted by Gasteiger charge is -2.34. The molecule has 0 aliphatic carbocycles. The first-order valence-corrected chi connectivity index (χ1v) is 8.41. The van der Waals surface area contributed by atoms with E-state index in [1.807, 2.05) is 24.3 Å². The molecule has 4 nitrogen and oxygen atoms in total. The van der Waals surface area contributed by atoms with Gasteiger partial charge in [-0.1, -0.05) is 24.3 Å². The summed E-state index contributed by atoms with van der Waals surface area (Å²) in [5.74, 6) is -2.57. The average molecular weight is 358 g/mol. The van der Waals surface area contributed by atoms with E-state index in [1.54, 1.807) is 4.90 Å². The number of benzene rings is 2. The van der Waals surface area contributed by atoms with Crippen LogP contribution >= 0.6 is 0 Å². The van der Waals surface area contributed by atoms with Crippen LogP contribution in [0.1, 0.15) is 25.0 Å². The van der Waals surface area contributed by atoms with Crippen LogP contribution in [0.4, 0.5) is 14.5 Å². The molecule has 26 heavy (non-hydrogen) atoms. The van der Waals surface area contributed by atoms with Gasteiger partial charge in [-0.2, -0.15) is 0 Å². The number of rotatable bonds is 3. The Hall–Kier alpha value is -2.76. The highest BCUT2D eigenvalue weighted by Crippen LogP contribution is 2.27. The molecule has 0 radical (unpaired) electrons. The highest BCUT2D eigenvalue weighted by molar-refractivity contribution is 6.09. The van der Waals surface area contributed by atoms with Gasteiger partial charge in [-0.25, -0.2) is 8.78 Å². The van der Waals surface area contributed by atoms with Gasteiger partial charge in [-0.15, -0.1) is 0 Å². The summed E-state index contributed by atoms with van der Waals surface area (Å²) in [5, 5.41) is 2.39. The maximum atomic E-state index is 13.8. The number of halogens is 2. The lowest BCUT2D eigenvalue weighted by atomic mass is 9.88. The Morgan fingerprint density at radius 1 is 1.08 bits per heavy atom. The van der Waals surface area contributed by atoms with Gasteiger partial charge in [0.15, 0.2) is 0 Å². The minimum atomic E-state index is -1.38. The molecule has 0 unspecified atom stereocenters. The summed E-state index contributed by atoms with van der Waals surface area (Å²) in [5.41, 5.74) is 0.731. The lowest BCUT2D eigenvalue weighted by molar-refractivity contribution is -0.147. The second-order valence-electron chi connectivity index (χ2n) is 6.95. The molecule has 0 saturated heterocycles. The van der Waals surface area contributed by atoms with Crippen LogP contribution in [0.2, 0.25) is 0 Å². The maximum absolute atomic E-state index is 13.8. The third-order valence-corrected chi connectivity index (χ3v) is 4.70. The minimum absolute atomic E-state index is 0.152. The zero-order valence-corrected chi connectivity index (χ0v) is 14.7. The van der Waals surface area contributed by atoms with Gasteiger partial charge in [0.1, 0.15) is 17.0 Å². The van der Waals surface area contributed by atoms with Gasteiger partial charge in [0.05, 0.1) is 5.69 Å². The number of hydrogen-bond donors (Lipinski definition) is 1. The van der Waals surface area contributed by atoms with Gasteiger partial charge in [-0.3, -0.25) is 9.59 Å². The average Bonchev–Trinajstić information content (AvgIpc) is 2.62. The summed E-state index contributed by atoms with van der Waals surface area (Å²) < 4.78 is 26.8. The quantitative estimate of drug-likeness (QED) is 0.854. The van der Waals surface area contributed by atoms with Crippen LogP contribution < -0.4 is 5.32 Å². The van der Waals surface area contributed by atoms with E-state index >= 15 is 0 Å². The molecule has 2 aromatic rings. The Bertz CT molecular complexity index is 865. The molecule has 6 heteroatoms. The Kier molecular flexibility index (Phi) is 4.76. The largest absolute Gasteiger partial charge is 0.337 e. The summed E-state index contributed by atoms with van der Waals surface area (Å²) in [4.78, 5) is 27.1. The Labute approximate surface area is 150 Å². The summed E-state index contributed by atoms with van der Waals surface area (Å²) in [6.45, 7) is 3.98. The predicted molar refractivity (Wildman–Crippen MR) is 94.3 cm³/mol. The predicted octanol–water partition coefficient (Wildman–Crippen LogP) is 3.51. The molecular formula is C20H20F2N2O2. The van der Waals surface area contributed by atoms with Crippen molar-refractivity contribution in [3.63, 3.8) is 0 Å². The van der Waals surface area contributed by atoms with Crippen LogP contribution in [-0.2, 0) is 22.6 Å². The van der Waals surface area contributed by atoms with E-state index in [4.69, 9.17) is 0 Å². The molecule has 2 aromatic carbocycles. The highest BCUT2D eigenvalue weighted by Gasteiger charge is 2.40. The van der Waals surface area contributed by atoms with Gasteiger partial charge in [0, 0.05) is 19.2 Å². The van der Waals surface area contributed by atoms with Gasteiger partial charge >= 0.3 is 0 Å². The van der Waals surface area contributed by atoms with E-state index in [-0.39, 0.29) is 11.6 Å². The number of nitrogens with one attached hydrogen (secondary N) is 1. The van der Waals surface area contributed by atoms with Crippen LogP contribution in [0.3, 0.4) is 0 Å². The smallest absolute Gasteiger partial charge is 0.239 e. The van der Waals surface area contributed by atoms with Crippen molar-refractivity contribution in [1.82, 2.24) is 4.90 Å². The summed E-state index contributed by atoms with van der Waals surface area (Å²) in [6, 6.07) is 10.8. The lowest BCUT2D eigenvalue weighted by Crippen LogP contribution is -2.48. The highest BCUT2D eigenvalue weighted by atomic mass is 19.1. The van der Waals surface area contributed by atoms with Crippen molar-refractivity contribution in [3.05, 3.63) is 65.2 Å². The number of hydrogen-bond acceptors (Lipinski definition) is 2. The fourth-order valence-electron chi connectivity index (χ4n) is 3.03. The van der Waals surface area contributed by atoms with Gasteiger partial charge < -0.3 is 10.2 Å². The Morgan fingerprint density at radius 2 is 1.77 bits per heavy atom. The van der Waals surface area contributed by atoms with Crippen LogP contribution in [0, 0.1) is 17.0 Å². The van der Waals surface area contributed by atoms with Crippen molar-refractivity contribution >= 4 is 17.5 Å². The number of carbonyl (C=O) groups excluding carboxylic acids is 2. The van der Waals surface area contributed by atoms with Gasteiger partial charge in [0.2, 0.25) is 11.8 Å². The van der Waals surface area contributed by atoms with Crippen molar-refractivity contribution in [1.29, 1.82) is 0 Å². The van der Waals surface area contributed by atoms with E-state index in [1.165, 1.54) is 19.4 Å². The molecule has 0 aromatic heterocycles. The van der Waals surface area contributed by atoms with Crippen LogP contribution in [0.25, 0.3) is 0 Å². The Morgan fingerprint density at radius 3 is 2.46 bits per heavy atom. The molecule has 1 heterocycles. The van der Waals surface area contributed by atoms with E-state index in [0.717, 1.165) is 24.1 Å². The fourth-order valence-corrected chi connectivity index (χ4v) is 3.03. The number of nitrogens with zero attached hydrogens (tertiary/aromatic N) is 1. The molecule has 2 amide bonds. The monoisotopic (exact) mass is 358 g/mol. The molecule has 0 fully saturated rings. The van der Waals surface area contributed by atoms with Gasteiger partial charge in [0.25, 0.3) is 0 Å². The van der Waals surface area contributed by atoms with Crippen molar-refractivity contribution in [2.24, 2.45) is 5.41 Å². The third-order valence-electron chi connectivity index (χ3n) is 4.70. The minimum Gasteiger partial charge on any atom is -0.337 e. The summed E-state index contributed by atoms with van der Waals surface area (Å²) in [7, 11) is 0. The van der Waals surface area contributed by atoms with Crippen molar-refractivity contribution in [3.8, 4) is 0 Å². The second kappa shape index (κ2) is 6.86. The summed E-state index contributed by atoms with van der Waals surface area (Å²) in [6.07, 6.45) is 0.728. The molecule has 136 valence electrons. The summed E-state index contributed by atoms with van der Waals surface area (Å²) >= 11 is 0. The number of anilines is 1. The molecule has 1 aliphatic rings. The molecular weight excluding hydrogens is 338 g/mol. The third kappa shape index (κ3) is 3.45. The maximum Gasteiger partial charge on any atom is 0.239 e. The zero-order valence-electron chi connectivity index (χ0n) is 14.7. The first-order chi connectivity index (χ1) is 12.3. The van der Waals surface area contributed by atoms with Crippen molar-refractivity contribution < 1.29 is 18.4 Å². The molecule has 0 atom stereocenters. The van der Waals surface area contributed by atoms with E-state index in [0.29, 0.717) is 19.2 Å². The topological polar surface area (TPSA) is 49.4 Å². The number of amides is 2. The molecule has 3 rings (SSSR count). The van der Waals surface area contributed by atoms with E-state index in [9.17, 15) is 18.4 Å². The van der Waals surface area contributed by atoms with Crippen molar-refractivity contribution in [2.75, 3.05) is 11.9 Å². The van der Waals surface area contributed by atoms with Gasteiger partial charge in [-0.05, 0) is 43.5 Å². The van der Waals surface area contributed by atoms with E-state index < -0.39 is 23.0 Å².